The number of aliphatic hydroxyl groups is 1. The van der Waals surface area contributed by atoms with E-state index in [9.17, 15) is 18.3 Å². The molecule has 7 heteroatoms. The number of benzene rings is 1. The summed E-state index contributed by atoms with van der Waals surface area (Å²) in [6, 6.07) is 3.48. The summed E-state index contributed by atoms with van der Waals surface area (Å²) in [7, 11) is 1.42. The third kappa shape index (κ3) is 4.36. The van der Waals surface area contributed by atoms with E-state index in [1.807, 2.05) is 0 Å². The smallest absolute Gasteiger partial charge is 0.389 e. The molecule has 0 saturated carbocycles. The third-order valence-corrected chi connectivity index (χ3v) is 2.50. The first-order chi connectivity index (χ1) is 8.34. The maximum absolute atomic E-state index is 12.6. The quantitative estimate of drug-likeness (QED) is 0.873. The van der Waals surface area contributed by atoms with Gasteiger partial charge in [-0.25, -0.2) is 0 Å². The van der Waals surface area contributed by atoms with Crippen LogP contribution in [0.3, 0.4) is 0 Å². The van der Waals surface area contributed by atoms with Crippen molar-refractivity contribution in [2.75, 3.05) is 25.6 Å². The molecule has 1 aromatic carbocycles. The average molecular weight is 284 g/mol. The van der Waals surface area contributed by atoms with Crippen molar-refractivity contribution in [3.8, 4) is 0 Å². The molecule has 1 unspecified atom stereocenters. The van der Waals surface area contributed by atoms with Gasteiger partial charge in [0.25, 0.3) is 0 Å². The first-order valence-electron chi connectivity index (χ1n) is 5.12. The number of aliphatic hydroxyl groups excluding tert-OH is 1. The summed E-state index contributed by atoms with van der Waals surface area (Å²) in [4.78, 5) is 0. The van der Waals surface area contributed by atoms with E-state index in [0.29, 0.717) is 0 Å². The molecule has 1 aromatic rings. The number of alkyl halides is 3. The van der Waals surface area contributed by atoms with Crippen LogP contribution in [0.25, 0.3) is 0 Å². The number of anilines is 1. The highest BCUT2D eigenvalue weighted by atomic mass is 35.5. The molecule has 0 amide bonds. The Morgan fingerprint density at radius 1 is 1.44 bits per heavy atom. The molecule has 18 heavy (non-hydrogen) atoms. The van der Waals surface area contributed by atoms with Crippen molar-refractivity contribution in [3.05, 3.63) is 28.8 Å². The summed E-state index contributed by atoms with van der Waals surface area (Å²) in [6.45, 7) is 0.194. The summed E-state index contributed by atoms with van der Waals surface area (Å²) in [6.07, 6.45) is -5.29. The zero-order chi connectivity index (χ0) is 13.8. The average Bonchev–Trinajstić information content (AvgIpc) is 2.27. The van der Waals surface area contributed by atoms with Gasteiger partial charge in [0.2, 0.25) is 0 Å². The largest absolute Gasteiger partial charge is 0.417 e. The zero-order valence-corrected chi connectivity index (χ0v) is 10.3. The van der Waals surface area contributed by atoms with Gasteiger partial charge in [-0.15, -0.1) is 0 Å². The van der Waals surface area contributed by atoms with Gasteiger partial charge >= 0.3 is 6.18 Å². The monoisotopic (exact) mass is 283 g/mol. The molecular formula is C11H13ClF3NO2. The second-order valence-corrected chi connectivity index (χ2v) is 4.09. The lowest BCUT2D eigenvalue weighted by atomic mass is 10.2. The highest BCUT2D eigenvalue weighted by Gasteiger charge is 2.33. The van der Waals surface area contributed by atoms with Crippen LogP contribution in [-0.4, -0.2) is 31.5 Å². The van der Waals surface area contributed by atoms with Crippen LogP contribution in [0, 0.1) is 0 Å². The molecule has 0 fully saturated rings. The molecule has 0 spiro atoms. The fourth-order valence-corrected chi connectivity index (χ4v) is 1.56. The molecule has 1 atom stereocenters. The van der Waals surface area contributed by atoms with Crippen LogP contribution in [0.2, 0.25) is 5.02 Å². The van der Waals surface area contributed by atoms with E-state index in [1.54, 1.807) is 0 Å². The second kappa shape index (κ2) is 6.26. The van der Waals surface area contributed by atoms with Gasteiger partial charge in [0.1, 0.15) is 0 Å². The summed E-state index contributed by atoms with van der Waals surface area (Å²) in [5.74, 6) is 0. The van der Waals surface area contributed by atoms with Crippen LogP contribution in [0.1, 0.15) is 5.56 Å². The fraction of sp³-hybridized carbons (Fsp3) is 0.455. The van der Waals surface area contributed by atoms with Crippen molar-refractivity contribution in [2.24, 2.45) is 0 Å². The minimum absolute atomic E-state index is 0.0900. The van der Waals surface area contributed by atoms with E-state index < -0.39 is 17.8 Å². The number of hydrogen-bond acceptors (Lipinski definition) is 3. The van der Waals surface area contributed by atoms with Gasteiger partial charge in [0.15, 0.2) is 0 Å². The van der Waals surface area contributed by atoms with Crippen molar-refractivity contribution in [2.45, 2.75) is 12.3 Å². The Balaban J connectivity index is 2.74. The molecule has 0 aliphatic rings. The van der Waals surface area contributed by atoms with Gasteiger partial charge in [-0.3, -0.25) is 0 Å². The van der Waals surface area contributed by atoms with E-state index in [-0.39, 0.29) is 23.9 Å². The molecule has 0 bridgehead atoms. The van der Waals surface area contributed by atoms with Gasteiger partial charge in [-0.2, -0.15) is 13.2 Å². The molecule has 0 saturated heterocycles. The Morgan fingerprint density at radius 2 is 2.11 bits per heavy atom. The second-order valence-electron chi connectivity index (χ2n) is 3.68. The van der Waals surface area contributed by atoms with Gasteiger partial charge in [0.05, 0.1) is 23.3 Å². The highest BCUT2D eigenvalue weighted by molar-refractivity contribution is 6.31. The Hall–Kier alpha value is -0.980. The van der Waals surface area contributed by atoms with E-state index in [4.69, 9.17) is 16.3 Å². The number of hydrogen-bond donors (Lipinski definition) is 2. The van der Waals surface area contributed by atoms with Crippen molar-refractivity contribution >= 4 is 17.3 Å². The third-order valence-electron chi connectivity index (χ3n) is 2.17. The van der Waals surface area contributed by atoms with E-state index >= 15 is 0 Å². The molecular weight excluding hydrogens is 271 g/mol. The van der Waals surface area contributed by atoms with Crippen LogP contribution >= 0.6 is 11.6 Å². The Kier molecular flexibility index (Phi) is 5.25. The maximum Gasteiger partial charge on any atom is 0.417 e. The topological polar surface area (TPSA) is 41.5 Å². The van der Waals surface area contributed by atoms with Crippen molar-refractivity contribution in [1.82, 2.24) is 0 Å². The predicted molar refractivity (Wildman–Crippen MR) is 62.8 cm³/mol. The van der Waals surface area contributed by atoms with Gasteiger partial charge in [-0.1, -0.05) is 11.6 Å². The molecule has 1 rings (SSSR count). The molecule has 3 nitrogen and oxygen atoms in total. The number of rotatable bonds is 5. The summed E-state index contributed by atoms with van der Waals surface area (Å²) >= 11 is 5.48. The lowest BCUT2D eigenvalue weighted by molar-refractivity contribution is -0.137. The molecule has 102 valence electrons. The van der Waals surface area contributed by atoms with Gasteiger partial charge in [-0.05, 0) is 18.2 Å². The van der Waals surface area contributed by atoms with Crippen LogP contribution in [-0.2, 0) is 10.9 Å². The van der Waals surface area contributed by atoms with Crippen LogP contribution in [0.4, 0.5) is 18.9 Å². The molecule has 0 radical (unpaired) electrons. The lowest BCUT2D eigenvalue weighted by Crippen LogP contribution is -2.24. The molecule has 0 aliphatic heterocycles. The Bertz CT molecular complexity index is 398. The summed E-state index contributed by atoms with van der Waals surface area (Å²) in [5, 5.41) is 11.7. The van der Waals surface area contributed by atoms with Crippen molar-refractivity contribution in [3.63, 3.8) is 0 Å². The Labute approximate surface area is 108 Å². The lowest BCUT2D eigenvalue weighted by Gasteiger charge is -2.14. The van der Waals surface area contributed by atoms with E-state index in [0.717, 1.165) is 12.1 Å². The number of methoxy groups -OCH3 is 1. The van der Waals surface area contributed by atoms with Crippen molar-refractivity contribution in [1.29, 1.82) is 0 Å². The molecule has 0 aliphatic carbocycles. The minimum atomic E-state index is -4.50. The normalized spacial score (nSPS) is 13.4. The minimum Gasteiger partial charge on any atom is -0.389 e. The fourth-order valence-electron chi connectivity index (χ4n) is 1.34. The molecule has 0 aromatic heterocycles. The van der Waals surface area contributed by atoms with Crippen LogP contribution in [0.15, 0.2) is 18.2 Å². The molecule has 0 heterocycles. The summed E-state index contributed by atoms with van der Waals surface area (Å²) in [5.41, 5.74) is -0.669. The standard InChI is InChI=1S/C11H13ClF3NO2/c1-18-6-8(17)5-16-7-2-3-10(12)9(4-7)11(13,14)15/h2-4,8,16-17H,5-6H2,1H3. The first kappa shape index (κ1) is 15.1. The number of halogens is 4. The van der Waals surface area contributed by atoms with Gasteiger partial charge < -0.3 is 15.2 Å². The SMILES string of the molecule is COCC(O)CNc1ccc(Cl)c(C(F)(F)F)c1. The van der Waals surface area contributed by atoms with E-state index in [2.05, 4.69) is 5.32 Å². The van der Waals surface area contributed by atoms with Crippen LogP contribution < -0.4 is 5.32 Å². The number of nitrogens with one attached hydrogen (secondary N) is 1. The van der Waals surface area contributed by atoms with E-state index in [1.165, 1.54) is 13.2 Å². The molecule has 2 N–H and O–H groups in total. The maximum atomic E-state index is 12.6. The van der Waals surface area contributed by atoms with Crippen molar-refractivity contribution < 1.29 is 23.0 Å². The predicted octanol–water partition coefficient (Wildman–Crippen LogP) is 2.78. The van der Waals surface area contributed by atoms with Gasteiger partial charge in [0, 0.05) is 19.3 Å². The number of ether oxygens (including phenoxy) is 1. The van der Waals surface area contributed by atoms with Crippen LogP contribution in [0.5, 0.6) is 0 Å². The zero-order valence-electron chi connectivity index (χ0n) is 9.59. The highest BCUT2D eigenvalue weighted by Crippen LogP contribution is 2.36. The first-order valence-corrected chi connectivity index (χ1v) is 5.50. The Morgan fingerprint density at radius 3 is 2.67 bits per heavy atom. The summed E-state index contributed by atoms with van der Waals surface area (Å²) < 4.78 is 42.4.